The van der Waals surface area contributed by atoms with Crippen molar-refractivity contribution in [2.45, 2.75) is 58.5 Å². The van der Waals surface area contributed by atoms with E-state index in [0.717, 1.165) is 31.4 Å². The Labute approximate surface area is 196 Å². The number of nitrogens with one attached hydrogen (secondary N) is 1. The number of carbonyl (C=O) groups is 2. The van der Waals surface area contributed by atoms with Crippen molar-refractivity contribution in [3.63, 3.8) is 0 Å². The average molecular weight is 459 g/mol. The van der Waals surface area contributed by atoms with Gasteiger partial charge in [0.05, 0.1) is 6.54 Å². The van der Waals surface area contributed by atoms with E-state index in [1.165, 1.54) is 6.42 Å². The van der Waals surface area contributed by atoms with Crippen molar-refractivity contribution in [3.05, 3.63) is 53.3 Å². The molecule has 0 radical (unpaired) electrons. The van der Waals surface area contributed by atoms with Crippen LogP contribution in [0.4, 0.5) is 10.5 Å². The van der Waals surface area contributed by atoms with Gasteiger partial charge in [-0.3, -0.25) is 4.79 Å². The number of hydrogen-bond acceptors (Lipinski definition) is 2. The van der Waals surface area contributed by atoms with Gasteiger partial charge in [0.1, 0.15) is 6.54 Å². The molecular formula is C25H35ClN4O2. The number of aromatic nitrogens is 1. The van der Waals surface area contributed by atoms with Crippen molar-refractivity contribution >= 4 is 29.2 Å². The van der Waals surface area contributed by atoms with Crippen molar-refractivity contribution in [1.82, 2.24) is 14.4 Å². The maximum atomic E-state index is 13.5. The number of nitrogens with zero attached hydrogens (tertiary/aromatic N) is 3. The molecule has 0 saturated heterocycles. The molecule has 1 aromatic heterocycles. The van der Waals surface area contributed by atoms with Crippen molar-refractivity contribution in [1.29, 1.82) is 0 Å². The van der Waals surface area contributed by atoms with Gasteiger partial charge in [-0.1, -0.05) is 50.8 Å². The number of benzene rings is 1. The van der Waals surface area contributed by atoms with Crippen LogP contribution in [0, 0.1) is 5.92 Å². The van der Waals surface area contributed by atoms with Gasteiger partial charge in [-0.25, -0.2) is 4.79 Å². The summed E-state index contributed by atoms with van der Waals surface area (Å²) in [6.07, 6.45) is 7.19. The number of halogens is 1. The molecule has 1 heterocycles. The summed E-state index contributed by atoms with van der Waals surface area (Å²) in [7, 11) is 1.99. The third-order valence-electron chi connectivity index (χ3n) is 6.00. The Morgan fingerprint density at radius 1 is 1.16 bits per heavy atom. The molecule has 0 atom stereocenters. The molecular weight excluding hydrogens is 424 g/mol. The van der Waals surface area contributed by atoms with E-state index in [0.29, 0.717) is 29.7 Å². The Hall–Kier alpha value is -2.47. The number of carbonyl (C=O) groups excluding carboxylic acids is 2. The van der Waals surface area contributed by atoms with Crippen LogP contribution in [-0.2, 0) is 18.4 Å². The predicted molar refractivity (Wildman–Crippen MR) is 130 cm³/mol. The molecule has 7 heteroatoms. The number of aryl methyl sites for hydroxylation is 1. The summed E-state index contributed by atoms with van der Waals surface area (Å²) in [5.41, 5.74) is 1.71. The Morgan fingerprint density at radius 3 is 2.53 bits per heavy atom. The van der Waals surface area contributed by atoms with E-state index in [9.17, 15) is 9.59 Å². The summed E-state index contributed by atoms with van der Waals surface area (Å²) >= 11 is 6.08. The van der Waals surface area contributed by atoms with E-state index in [2.05, 4.69) is 19.2 Å². The molecule has 1 aromatic carbocycles. The minimum Gasteiger partial charge on any atom is -0.353 e. The SMILES string of the molecule is CC(C)CN(Cc1cccn1C)C(=O)CN(C(=O)Nc1cccc(Cl)c1)C1CCCCC1. The van der Waals surface area contributed by atoms with Crippen LogP contribution in [-0.4, -0.2) is 45.4 Å². The van der Waals surface area contributed by atoms with Gasteiger partial charge in [-0.05, 0) is 49.1 Å². The Balaban J connectivity index is 1.77. The molecule has 0 aliphatic heterocycles. The van der Waals surface area contributed by atoms with Gasteiger partial charge in [0.15, 0.2) is 0 Å². The highest BCUT2D eigenvalue weighted by atomic mass is 35.5. The monoisotopic (exact) mass is 458 g/mol. The Bertz CT molecular complexity index is 905. The van der Waals surface area contributed by atoms with Crippen LogP contribution in [0.15, 0.2) is 42.6 Å². The van der Waals surface area contributed by atoms with Gasteiger partial charge >= 0.3 is 6.03 Å². The maximum absolute atomic E-state index is 13.5. The number of hydrogen-bond donors (Lipinski definition) is 1. The molecule has 1 N–H and O–H groups in total. The maximum Gasteiger partial charge on any atom is 0.322 e. The molecule has 6 nitrogen and oxygen atoms in total. The highest BCUT2D eigenvalue weighted by molar-refractivity contribution is 6.30. The molecule has 1 aliphatic carbocycles. The van der Waals surface area contributed by atoms with Gasteiger partial charge in [0.2, 0.25) is 5.91 Å². The fourth-order valence-electron chi connectivity index (χ4n) is 4.32. The standard InChI is InChI=1S/C25H35ClN4O2/c1-19(2)16-29(17-23-13-8-14-28(23)3)24(31)18-30(22-11-5-4-6-12-22)25(32)27-21-10-7-9-20(26)15-21/h7-10,13-15,19,22H,4-6,11-12,16-18H2,1-3H3,(H,27,32). The molecule has 32 heavy (non-hydrogen) atoms. The quantitative estimate of drug-likeness (QED) is 0.565. The molecule has 174 valence electrons. The second kappa shape index (κ2) is 11.4. The highest BCUT2D eigenvalue weighted by Gasteiger charge is 2.29. The second-order valence-corrected chi connectivity index (χ2v) is 9.58. The zero-order valence-corrected chi connectivity index (χ0v) is 20.1. The van der Waals surface area contributed by atoms with E-state index in [1.54, 1.807) is 23.1 Å². The third-order valence-corrected chi connectivity index (χ3v) is 6.24. The van der Waals surface area contributed by atoms with E-state index in [1.807, 2.05) is 40.9 Å². The molecule has 1 saturated carbocycles. The third kappa shape index (κ3) is 6.76. The van der Waals surface area contributed by atoms with Crippen LogP contribution in [0.5, 0.6) is 0 Å². The van der Waals surface area contributed by atoms with Gasteiger partial charge < -0.3 is 19.7 Å². The fourth-order valence-corrected chi connectivity index (χ4v) is 4.51. The van der Waals surface area contributed by atoms with Crippen LogP contribution in [0.2, 0.25) is 5.02 Å². The first-order valence-electron chi connectivity index (χ1n) is 11.5. The Kier molecular flexibility index (Phi) is 8.62. The Morgan fingerprint density at radius 2 is 1.91 bits per heavy atom. The first kappa shape index (κ1) is 24.2. The molecule has 1 fully saturated rings. The highest BCUT2D eigenvalue weighted by Crippen LogP contribution is 2.24. The van der Waals surface area contributed by atoms with Gasteiger partial charge in [-0.15, -0.1) is 0 Å². The zero-order chi connectivity index (χ0) is 23.1. The molecule has 1 aliphatic rings. The molecule has 0 bridgehead atoms. The lowest BCUT2D eigenvalue weighted by molar-refractivity contribution is -0.133. The largest absolute Gasteiger partial charge is 0.353 e. The zero-order valence-electron chi connectivity index (χ0n) is 19.4. The summed E-state index contributed by atoms with van der Waals surface area (Å²) in [6, 6.07) is 11.0. The van der Waals surface area contributed by atoms with Crippen molar-refractivity contribution < 1.29 is 9.59 Å². The van der Waals surface area contributed by atoms with Crippen LogP contribution in [0.1, 0.15) is 51.6 Å². The van der Waals surface area contributed by atoms with Crippen molar-refractivity contribution in [2.24, 2.45) is 13.0 Å². The van der Waals surface area contributed by atoms with Gasteiger partial charge in [0.25, 0.3) is 0 Å². The summed E-state index contributed by atoms with van der Waals surface area (Å²) in [4.78, 5) is 30.3. The van der Waals surface area contributed by atoms with E-state index in [4.69, 9.17) is 11.6 Å². The van der Waals surface area contributed by atoms with E-state index in [-0.39, 0.29) is 24.5 Å². The van der Waals surface area contributed by atoms with Gasteiger partial charge in [0, 0.05) is 42.2 Å². The van der Waals surface area contributed by atoms with Crippen molar-refractivity contribution in [2.75, 3.05) is 18.4 Å². The average Bonchev–Trinajstić information content (AvgIpc) is 3.16. The van der Waals surface area contributed by atoms with E-state index >= 15 is 0 Å². The fraction of sp³-hybridized carbons (Fsp3) is 0.520. The molecule has 0 unspecified atom stereocenters. The molecule has 3 rings (SSSR count). The van der Waals surface area contributed by atoms with Crippen LogP contribution >= 0.6 is 11.6 Å². The van der Waals surface area contributed by atoms with E-state index < -0.39 is 0 Å². The molecule has 2 aromatic rings. The lowest BCUT2D eigenvalue weighted by atomic mass is 9.94. The first-order valence-corrected chi connectivity index (χ1v) is 11.9. The lowest BCUT2D eigenvalue weighted by Crippen LogP contribution is -2.50. The van der Waals surface area contributed by atoms with Crippen molar-refractivity contribution in [3.8, 4) is 0 Å². The molecule has 0 spiro atoms. The number of amides is 3. The minimum absolute atomic E-state index is 0.0216. The number of anilines is 1. The summed E-state index contributed by atoms with van der Waals surface area (Å²) in [5, 5.41) is 3.51. The summed E-state index contributed by atoms with van der Waals surface area (Å²) in [6.45, 7) is 5.48. The van der Waals surface area contributed by atoms with Crippen LogP contribution in [0.3, 0.4) is 0 Å². The first-order chi connectivity index (χ1) is 15.3. The predicted octanol–water partition coefficient (Wildman–Crippen LogP) is 5.53. The summed E-state index contributed by atoms with van der Waals surface area (Å²) in [5.74, 6) is 0.314. The smallest absolute Gasteiger partial charge is 0.322 e. The van der Waals surface area contributed by atoms with Gasteiger partial charge in [-0.2, -0.15) is 0 Å². The minimum atomic E-state index is -0.240. The molecule has 3 amide bonds. The lowest BCUT2D eigenvalue weighted by Gasteiger charge is -2.35. The number of urea groups is 1. The topological polar surface area (TPSA) is 57.6 Å². The normalized spacial score (nSPS) is 14.4. The van der Waals surface area contributed by atoms with Crippen LogP contribution < -0.4 is 5.32 Å². The number of rotatable bonds is 8. The summed E-state index contributed by atoms with van der Waals surface area (Å²) < 4.78 is 2.03. The second-order valence-electron chi connectivity index (χ2n) is 9.14. The van der Waals surface area contributed by atoms with Crippen LogP contribution in [0.25, 0.3) is 0 Å².